The number of aryl methyl sites for hydroxylation is 1. The summed E-state index contributed by atoms with van der Waals surface area (Å²) in [5, 5.41) is 0.224. The Morgan fingerprint density at radius 3 is 2.06 bits per heavy atom. The first kappa shape index (κ1) is 21.0. The van der Waals surface area contributed by atoms with E-state index < -0.39 is 11.9 Å². The third kappa shape index (κ3) is 3.43. The average Bonchev–Trinajstić information content (AvgIpc) is 2.83. The molecule has 0 atom stereocenters. The van der Waals surface area contributed by atoms with Crippen LogP contribution < -0.4 is 5.56 Å². The topological polar surface area (TPSA) is 87.5 Å². The molecule has 0 N–H and O–H groups in total. The van der Waals surface area contributed by atoms with Gasteiger partial charge < -0.3 is 9.47 Å². The van der Waals surface area contributed by atoms with Crippen molar-refractivity contribution in [1.82, 2.24) is 9.55 Å². The van der Waals surface area contributed by atoms with Gasteiger partial charge in [0.05, 0.1) is 36.4 Å². The number of benzene rings is 3. The fraction of sp³-hybridized carbons (Fsp3) is 0.120. The fourth-order valence-corrected chi connectivity index (χ4v) is 3.72. The van der Waals surface area contributed by atoms with Crippen LogP contribution in [0.3, 0.4) is 0 Å². The maximum atomic E-state index is 13.8. The molecule has 1 heterocycles. The molecular weight excluding hydrogens is 408 g/mol. The van der Waals surface area contributed by atoms with Gasteiger partial charge in [0.1, 0.15) is 11.4 Å². The monoisotopic (exact) mass is 428 g/mol. The molecule has 7 heteroatoms. The van der Waals surface area contributed by atoms with Crippen LogP contribution in [-0.4, -0.2) is 35.7 Å². The molecule has 4 aromatic rings. The Kier molecular flexibility index (Phi) is 5.55. The van der Waals surface area contributed by atoms with Crippen LogP contribution in [0.4, 0.5) is 0 Å². The first-order valence-electron chi connectivity index (χ1n) is 9.85. The number of hydrogen-bond donors (Lipinski definition) is 0. The fourth-order valence-electron chi connectivity index (χ4n) is 3.72. The summed E-state index contributed by atoms with van der Waals surface area (Å²) in [6.45, 7) is 1.69. The highest BCUT2D eigenvalue weighted by molar-refractivity contribution is 6.12. The van der Waals surface area contributed by atoms with Crippen molar-refractivity contribution in [3.05, 3.63) is 93.8 Å². The summed E-state index contributed by atoms with van der Waals surface area (Å²) in [7, 11) is 2.43. The number of rotatable bonds is 4. The van der Waals surface area contributed by atoms with Gasteiger partial charge in [-0.3, -0.25) is 9.36 Å². The number of esters is 2. The molecule has 3 aromatic carbocycles. The van der Waals surface area contributed by atoms with E-state index in [1.165, 1.54) is 24.9 Å². The van der Waals surface area contributed by atoms with Gasteiger partial charge in [-0.1, -0.05) is 48.5 Å². The Morgan fingerprint density at radius 2 is 1.47 bits per heavy atom. The van der Waals surface area contributed by atoms with Crippen LogP contribution in [-0.2, 0) is 9.47 Å². The van der Waals surface area contributed by atoms with Gasteiger partial charge in [-0.05, 0) is 30.7 Å². The van der Waals surface area contributed by atoms with Gasteiger partial charge in [0.15, 0.2) is 0 Å². The van der Waals surface area contributed by atoms with Crippen molar-refractivity contribution >= 4 is 22.8 Å². The molecule has 4 rings (SSSR count). The Balaban J connectivity index is 2.23. The number of fused-ring (bicyclic) bond motifs is 1. The molecule has 0 fully saturated rings. The predicted octanol–water partition coefficient (Wildman–Crippen LogP) is 3.93. The molecule has 0 saturated heterocycles. The molecule has 32 heavy (non-hydrogen) atoms. The van der Waals surface area contributed by atoms with E-state index in [4.69, 9.17) is 14.5 Å². The molecule has 1 aromatic heterocycles. The van der Waals surface area contributed by atoms with Gasteiger partial charge in [-0.2, -0.15) is 0 Å². The lowest BCUT2D eigenvalue weighted by molar-refractivity contribution is 0.0557. The molecule has 0 saturated carbocycles. The normalized spacial score (nSPS) is 10.7. The molecule has 0 aliphatic carbocycles. The number of carbonyl (C=O) groups excluding carboxylic acids is 2. The van der Waals surface area contributed by atoms with E-state index in [2.05, 4.69) is 0 Å². The van der Waals surface area contributed by atoms with E-state index in [1.807, 2.05) is 48.5 Å². The van der Waals surface area contributed by atoms with Crippen LogP contribution in [0.1, 0.15) is 26.3 Å². The first-order chi connectivity index (χ1) is 15.5. The van der Waals surface area contributed by atoms with E-state index in [-0.39, 0.29) is 27.6 Å². The van der Waals surface area contributed by atoms with Gasteiger partial charge in [0.2, 0.25) is 0 Å². The van der Waals surface area contributed by atoms with Crippen LogP contribution in [0, 0.1) is 6.92 Å². The third-order valence-corrected chi connectivity index (χ3v) is 5.19. The first-order valence-corrected chi connectivity index (χ1v) is 9.85. The van der Waals surface area contributed by atoms with E-state index in [0.29, 0.717) is 22.6 Å². The summed E-state index contributed by atoms with van der Waals surface area (Å²) < 4.78 is 11.3. The molecule has 0 aliphatic rings. The Bertz CT molecular complexity index is 1390. The summed E-state index contributed by atoms with van der Waals surface area (Å²) in [6.07, 6.45) is 0. The summed E-state index contributed by atoms with van der Waals surface area (Å²) >= 11 is 0. The average molecular weight is 428 g/mol. The number of methoxy groups -OCH3 is 2. The van der Waals surface area contributed by atoms with E-state index >= 15 is 0 Å². The van der Waals surface area contributed by atoms with Gasteiger partial charge >= 0.3 is 11.9 Å². The Labute approximate surface area is 183 Å². The predicted molar refractivity (Wildman–Crippen MR) is 120 cm³/mol. The molecular formula is C25H20N2O5. The van der Waals surface area contributed by atoms with Gasteiger partial charge in [0, 0.05) is 5.56 Å². The summed E-state index contributed by atoms with van der Waals surface area (Å²) in [4.78, 5) is 43.7. The summed E-state index contributed by atoms with van der Waals surface area (Å²) in [6, 6.07) is 19.7. The highest BCUT2D eigenvalue weighted by Gasteiger charge is 2.27. The lowest BCUT2D eigenvalue weighted by Gasteiger charge is -2.17. The number of para-hydroxylation sites is 1. The minimum atomic E-state index is -0.779. The smallest absolute Gasteiger partial charge is 0.340 e. The van der Waals surface area contributed by atoms with Crippen molar-refractivity contribution in [2.45, 2.75) is 6.92 Å². The lowest BCUT2D eigenvalue weighted by Crippen LogP contribution is -2.25. The summed E-state index contributed by atoms with van der Waals surface area (Å²) in [5.41, 5.74) is 1.42. The second kappa shape index (κ2) is 8.47. The molecule has 7 nitrogen and oxygen atoms in total. The Morgan fingerprint density at radius 1 is 0.875 bits per heavy atom. The Hall–Kier alpha value is -4.26. The van der Waals surface area contributed by atoms with Crippen molar-refractivity contribution < 1.29 is 19.1 Å². The van der Waals surface area contributed by atoms with Gasteiger partial charge in [0.25, 0.3) is 5.56 Å². The van der Waals surface area contributed by atoms with Gasteiger partial charge in [-0.15, -0.1) is 0 Å². The van der Waals surface area contributed by atoms with Gasteiger partial charge in [-0.25, -0.2) is 14.6 Å². The molecule has 0 spiro atoms. The second-order valence-corrected chi connectivity index (χ2v) is 7.10. The standard InChI is InChI=1S/C25H20N2O5/c1-15-14-18(24(29)31-2)20(25(30)32-3)21-19(15)23(28)27(17-12-8-5-9-13-17)22(26-21)16-10-6-4-7-11-16/h4-14H,1-3H3. The quantitative estimate of drug-likeness (QED) is 0.458. The van der Waals surface area contributed by atoms with E-state index in [1.54, 1.807) is 19.1 Å². The zero-order valence-electron chi connectivity index (χ0n) is 17.8. The van der Waals surface area contributed by atoms with Crippen molar-refractivity contribution in [2.24, 2.45) is 0 Å². The van der Waals surface area contributed by atoms with Crippen LogP contribution in [0.15, 0.2) is 71.5 Å². The van der Waals surface area contributed by atoms with Crippen LogP contribution in [0.5, 0.6) is 0 Å². The molecule has 0 aliphatic heterocycles. The summed E-state index contributed by atoms with van der Waals surface area (Å²) in [5.74, 6) is -1.16. The minimum Gasteiger partial charge on any atom is -0.465 e. The van der Waals surface area contributed by atoms with Crippen molar-refractivity contribution in [3.8, 4) is 17.1 Å². The molecule has 0 radical (unpaired) electrons. The molecule has 0 bridgehead atoms. The maximum absolute atomic E-state index is 13.8. The molecule has 0 amide bonds. The van der Waals surface area contributed by atoms with E-state index in [0.717, 1.165) is 0 Å². The number of ether oxygens (including phenoxy) is 2. The number of aromatic nitrogens is 2. The lowest BCUT2D eigenvalue weighted by atomic mass is 9.98. The van der Waals surface area contributed by atoms with Crippen LogP contribution in [0.2, 0.25) is 0 Å². The molecule has 160 valence electrons. The van der Waals surface area contributed by atoms with Crippen molar-refractivity contribution in [1.29, 1.82) is 0 Å². The number of carbonyl (C=O) groups is 2. The SMILES string of the molecule is COC(=O)c1cc(C)c2c(=O)n(-c3ccccc3)c(-c3ccccc3)nc2c1C(=O)OC. The van der Waals surface area contributed by atoms with Crippen molar-refractivity contribution in [2.75, 3.05) is 14.2 Å². The van der Waals surface area contributed by atoms with E-state index in [9.17, 15) is 14.4 Å². The maximum Gasteiger partial charge on any atom is 0.340 e. The zero-order chi connectivity index (χ0) is 22.8. The second-order valence-electron chi connectivity index (χ2n) is 7.10. The van der Waals surface area contributed by atoms with Crippen LogP contribution >= 0.6 is 0 Å². The van der Waals surface area contributed by atoms with Crippen LogP contribution in [0.25, 0.3) is 28.0 Å². The number of nitrogens with zero attached hydrogens (tertiary/aromatic N) is 2. The number of hydrogen-bond acceptors (Lipinski definition) is 6. The third-order valence-electron chi connectivity index (χ3n) is 5.19. The highest BCUT2D eigenvalue weighted by atomic mass is 16.5. The minimum absolute atomic E-state index is 0.00674. The highest BCUT2D eigenvalue weighted by Crippen LogP contribution is 2.28. The largest absolute Gasteiger partial charge is 0.465 e. The molecule has 0 unspecified atom stereocenters. The van der Waals surface area contributed by atoms with Crippen molar-refractivity contribution in [3.63, 3.8) is 0 Å². The zero-order valence-corrected chi connectivity index (χ0v) is 17.8.